The smallest absolute Gasteiger partial charge is 0.234 e. The van der Waals surface area contributed by atoms with Crippen LogP contribution < -0.4 is 10.1 Å². The molecule has 0 unspecified atom stereocenters. The van der Waals surface area contributed by atoms with Crippen molar-refractivity contribution in [3.05, 3.63) is 58.9 Å². The van der Waals surface area contributed by atoms with E-state index in [1.54, 1.807) is 11.8 Å². The quantitative estimate of drug-likeness (QED) is 0.605. The van der Waals surface area contributed by atoms with Crippen molar-refractivity contribution in [2.75, 3.05) is 18.2 Å². The number of benzene rings is 2. The van der Waals surface area contributed by atoms with Gasteiger partial charge in [0.15, 0.2) is 0 Å². The van der Waals surface area contributed by atoms with Gasteiger partial charge in [0, 0.05) is 0 Å². The molecule has 0 aliphatic rings. The summed E-state index contributed by atoms with van der Waals surface area (Å²) in [6.07, 6.45) is 0. The first-order valence-electron chi connectivity index (χ1n) is 7.82. The predicted molar refractivity (Wildman–Crippen MR) is 101 cm³/mol. The van der Waals surface area contributed by atoms with Crippen molar-refractivity contribution >= 4 is 35.0 Å². The highest BCUT2D eigenvalue weighted by Gasteiger charge is 2.12. The van der Waals surface area contributed by atoms with Crippen LogP contribution in [0.2, 0.25) is 5.02 Å². The third-order valence-corrected chi connectivity index (χ3v) is 4.80. The van der Waals surface area contributed by atoms with Gasteiger partial charge in [-0.05, 0) is 46.3 Å². The van der Waals surface area contributed by atoms with Crippen LogP contribution in [0.5, 0.6) is 5.75 Å². The molecule has 0 bridgehead atoms. The van der Waals surface area contributed by atoms with Crippen molar-refractivity contribution in [1.29, 1.82) is 0 Å². The Morgan fingerprint density at radius 3 is 2.78 bits per heavy atom. The second-order valence-electron chi connectivity index (χ2n) is 5.43. The number of thioether (sulfide) groups is 1. The van der Waals surface area contributed by atoms with E-state index < -0.39 is 5.82 Å². The summed E-state index contributed by atoms with van der Waals surface area (Å²) in [7, 11) is 1.61. The summed E-state index contributed by atoms with van der Waals surface area (Å²) in [5, 5.41) is 14.8. The van der Waals surface area contributed by atoms with E-state index >= 15 is 0 Å². The average molecular weight is 408 g/mol. The van der Waals surface area contributed by atoms with Crippen LogP contribution in [-0.4, -0.2) is 39.0 Å². The standard InChI is InChI=1S/C17H15ClFN5O2S/c1-26-13-5-2-11(3-6-13)9-24-17(21-22-23-24)27-10-16(25)20-15-7-4-12(19)8-14(15)18/h2-8H,9-10H2,1H3,(H,20,25). The Hall–Kier alpha value is -2.65. The van der Waals surface area contributed by atoms with Crippen molar-refractivity contribution in [3.63, 3.8) is 0 Å². The zero-order valence-electron chi connectivity index (χ0n) is 14.2. The largest absolute Gasteiger partial charge is 0.497 e. The van der Waals surface area contributed by atoms with Gasteiger partial charge in [-0.15, -0.1) is 5.10 Å². The number of anilines is 1. The molecule has 1 N–H and O–H groups in total. The molecule has 3 rings (SSSR count). The monoisotopic (exact) mass is 407 g/mol. The summed E-state index contributed by atoms with van der Waals surface area (Å²) >= 11 is 7.09. The van der Waals surface area contributed by atoms with Crippen molar-refractivity contribution < 1.29 is 13.9 Å². The zero-order valence-corrected chi connectivity index (χ0v) is 15.8. The van der Waals surface area contributed by atoms with Crippen molar-refractivity contribution in [2.24, 2.45) is 0 Å². The van der Waals surface area contributed by atoms with Crippen LogP contribution in [0.4, 0.5) is 10.1 Å². The molecule has 1 heterocycles. The van der Waals surface area contributed by atoms with Crippen LogP contribution in [0, 0.1) is 5.82 Å². The number of halogens is 2. The number of ether oxygens (including phenoxy) is 1. The number of methoxy groups -OCH3 is 1. The maximum Gasteiger partial charge on any atom is 0.234 e. The molecule has 1 aromatic heterocycles. The summed E-state index contributed by atoms with van der Waals surface area (Å²) < 4.78 is 19.8. The summed E-state index contributed by atoms with van der Waals surface area (Å²) in [4.78, 5) is 12.1. The normalized spacial score (nSPS) is 10.6. The number of aromatic nitrogens is 4. The van der Waals surface area contributed by atoms with E-state index in [1.165, 1.54) is 23.9 Å². The molecular formula is C17H15ClFN5O2S. The highest BCUT2D eigenvalue weighted by molar-refractivity contribution is 7.99. The number of amides is 1. The van der Waals surface area contributed by atoms with Gasteiger partial charge in [0.25, 0.3) is 0 Å². The fourth-order valence-electron chi connectivity index (χ4n) is 2.21. The van der Waals surface area contributed by atoms with Crippen LogP contribution in [0.15, 0.2) is 47.6 Å². The van der Waals surface area contributed by atoms with Crippen molar-refractivity contribution in [3.8, 4) is 5.75 Å². The molecule has 0 aliphatic heterocycles. The minimum Gasteiger partial charge on any atom is -0.497 e. The van der Waals surface area contributed by atoms with E-state index in [2.05, 4.69) is 20.8 Å². The molecule has 0 atom stereocenters. The number of rotatable bonds is 7. The molecule has 7 nitrogen and oxygen atoms in total. The molecule has 0 saturated carbocycles. The molecule has 27 heavy (non-hydrogen) atoms. The molecule has 10 heteroatoms. The lowest BCUT2D eigenvalue weighted by Crippen LogP contribution is -2.15. The predicted octanol–water partition coefficient (Wildman–Crippen LogP) is 3.25. The Labute approximate surface area is 163 Å². The molecular weight excluding hydrogens is 393 g/mol. The Morgan fingerprint density at radius 1 is 1.30 bits per heavy atom. The summed E-state index contributed by atoms with van der Waals surface area (Å²) in [5.41, 5.74) is 1.34. The lowest BCUT2D eigenvalue weighted by Gasteiger charge is -2.08. The second-order valence-corrected chi connectivity index (χ2v) is 6.78. The van der Waals surface area contributed by atoms with Crippen LogP contribution >= 0.6 is 23.4 Å². The molecule has 0 aliphatic carbocycles. The van der Waals surface area contributed by atoms with Crippen LogP contribution in [0.25, 0.3) is 0 Å². The number of hydrogen-bond acceptors (Lipinski definition) is 6. The Bertz CT molecular complexity index is 935. The molecule has 1 amide bonds. The molecule has 0 radical (unpaired) electrons. The number of nitrogens with one attached hydrogen (secondary N) is 1. The van der Waals surface area contributed by atoms with Crippen LogP contribution in [0.1, 0.15) is 5.56 Å². The molecule has 0 fully saturated rings. The van der Waals surface area contributed by atoms with E-state index in [4.69, 9.17) is 16.3 Å². The van der Waals surface area contributed by atoms with Crippen LogP contribution in [0.3, 0.4) is 0 Å². The fourth-order valence-corrected chi connectivity index (χ4v) is 3.10. The minimum atomic E-state index is -0.468. The molecule has 140 valence electrons. The van der Waals surface area contributed by atoms with Gasteiger partial charge < -0.3 is 10.1 Å². The first-order chi connectivity index (χ1) is 13.0. The van der Waals surface area contributed by atoms with Gasteiger partial charge >= 0.3 is 0 Å². The van der Waals surface area contributed by atoms with Gasteiger partial charge in [0.05, 0.1) is 30.1 Å². The fraction of sp³-hybridized carbons (Fsp3) is 0.176. The zero-order chi connectivity index (χ0) is 19.2. The van der Waals surface area contributed by atoms with E-state index in [0.29, 0.717) is 17.4 Å². The average Bonchev–Trinajstić information content (AvgIpc) is 3.10. The number of nitrogens with zero attached hydrogens (tertiary/aromatic N) is 4. The molecule has 0 spiro atoms. The number of tetrazole rings is 1. The number of carbonyl (C=O) groups is 1. The third-order valence-electron chi connectivity index (χ3n) is 3.53. The molecule has 0 saturated heterocycles. The summed E-state index contributed by atoms with van der Waals surface area (Å²) in [6, 6.07) is 11.3. The topological polar surface area (TPSA) is 81.9 Å². The third kappa shape index (κ3) is 5.18. The van der Waals surface area contributed by atoms with Gasteiger partial charge in [-0.2, -0.15) is 0 Å². The highest BCUT2D eigenvalue weighted by atomic mass is 35.5. The van der Waals surface area contributed by atoms with E-state index in [1.807, 2.05) is 24.3 Å². The molecule has 3 aromatic rings. The van der Waals surface area contributed by atoms with E-state index in [-0.39, 0.29) is 16.7 Å². The number of carbonyl (C=O) groups excluding carboxylic acids is 1. The maximum absolute atomic E-state index is 13.1. The molecule has 2 aromatic carbocycles. The SMILES string of the molecule is COc1ccc(Cn2nnnc2SCC(=O)Nc2ccc(F)cc2Cl)cc1. The maximum atomic E-state index is 13.1. The van der Waals surface area contributed by atoms with Gasteiger partial charge in [-0.1, -0.05) is 35.5 Å². The van der Waals surface area contributed by atoms with E-state index in [0.717, 1.165) is 17.4 Å². The number of hydrogen-bond donors (Lipinski definition) is 1. The van der Waals surface area contributed by atoms with Crippen molar-refractivity contribution in [1.82, 2.24) is 20.2 Å². The van der Waals surface area contributed by atoms with E-state index in [9.17, 15) is 9.18 Å². The van der Waals surface area contributed by atoms with Gasteiger partial charge in [-0.25, -0.2) is 9.07 Å². The summed E-state index contributed by atoms with van der Waals surface area (Å²) in [5.74, 6) is 0.0789. The first kappa shape index (κ1) is 19.1. The lowest BCUT2D eigenvalue weighted by atomic mass is 10.2. The first-order valence-corrected chi connectivity index (χ1v) is 9.18. The van der Waals surface area contributed by atoms with Crippen LogP contribution in [-0.2, 0) is 11.3 Å². The Morgan fingerprint density at radius 2 is 2.07 bits per heavy atom. The Kier molecular flexibility index (Phi) is 6.25. The Balaban J connectivity index is 1.58. The summed E-state index contributed by atoms with van der Waals surface area (Å²) in [6.45, 7) is 0.463. The van der Waals surface area contributed by atoms with Crippen molar-refractivity contribution in [2.45, 2.75) is 11.7 Å². The van der Waals surface area contributed by atoms with Gasteiger partial charge in [0.1, 0.15) is 11.6 Å². The highest BCUT2D eigenvalue weighted by Crippen LogP contribution is 2.23. The minimum absolute atomic E-state index is 0.0801. The lowest BCUT2D eigenvalue weighted by molar-refractivity contribution is -0.113. The second kappa shape index (κ2) is 8.83. The van der Waals surface area contributed by atoms with Gasteiger partial charge in [0.2, 0.25) is 11.1 Å². The van der Waals surface area contributed by atoms with Gasteiger partial charge in [-0.3, -0.25) is 4.79 Å².